The van der Waals surface area contributed by atoms with Crippen molar-refractivity contribution in [2.24, 2.45) is 5.73 Å². The van der Waals surface area contributed by atoms with Crippen molar-refractivity contribution < 1.29 is 4.79 Å². The molecular formula is C15H25N3OS. The van der Waals surface area contributed by atoms with Gasteiger partial charge >= 0.3 is 0 Å². The molecule has 1 aliphatic rings. The SMILES string of the molecule is CC(N)CCCC(=O)N1CCN(Cc2ccsc2)CC1. The fourth-order valence-electron chi connectivity index (χ4n) is 2.53. The molecule has 1 aromatic heterocycles. The van der Waals surface area contributed by atoms with Gasteiger partial charge < -0.3 is 10.6 Å². The van der Waals surface area contributed by atoms with E-state index in [1.807, 2.05) is 11.8 Å². The molecule has 0 aromatic carbocycles. The molecule has 0 saturated carbocycles. The highest BCUT2D eigenvalue weighted by atomic mass is 32.1. The lowest BCUT2D eigenvalue weighted by molar-refractivity contribution is -0.133. The first kappa shape index (κ1) is 15.5. The summed E-state index contributed by atoms with van der Waals surface area (Å²) in [4.78, 5) is 16.5. The van der Waals surface area contributed by atoms with Crippen LogP contribution in [-0.2, 0) is 11.3 Å². The highest BCUT2D eigenvalue weighted by molar-refractivity contribution is 7.07. The number of hydrogen-bond acceptors (Lipinski definition) is 4. The van der Waals surface area contributed by atoms with Crippen LogP contribution in [0, 0.1) is 0 Å². The van der Waals surface area contributed by atoms with E-state index in [0.29, 0.717) is 12.3 Å². The summed E-state index contributed by atoms with van der Waals surface area (Å²) >= 11 is 1.74. The van der Waals surface area contributed by atoms with Crippen molar-refractivity contribution in [3.05, 3.63) is 22.4 Å². The molecule has 1 atom stereocenters. The lowest BCUT2D eigenvalue weighted by Crippen LogP contribution is -2.48. The standard InChI is InChI=1S/C15H25N3OS/c1-13(16)3-2-4-15(19)18-8-6-17(7-9-18)11-14-5-10-20-12-14/h5,10,12-13H,2-4,6-9,11,16H2,1H3. The third-order valence-electron chi connectivity index (χ3n) is 3.76. The molecule has 0 spiro atoms. The minimum atomic E-state index is 0.199. The van der Waals surface area contributed by atoms with E-state index in [1.54, 1.807) is 11.3 Å². The van der Waals surface area contributed by atoms with Crippen LogP contribution in [0.25, 0.3) is 0 Å². The first-order valence-corrected chi connectivity index (χ1v) is 8.36. The maximum Gasteiger partial charge on any atom is 0.222 e. The summed E-state index contributed by atoms with van der Waals surface area (Å²) < 4.78 is 0. The molecule has 5 heteroatoms. The van der Waals surface area contributed by atoms with Crippen molar-refractivity contribution in [1.82, 2.24) is 9.80 Å². The van der Waals surface area contributed by atoms with Crippen LogP contribution in [0.1, 0.15) is 31.7 Å². The molecule has 20 heavy (non-hydrogen) atoms. The Balaban J connectivity index is 1.67. The summed E-state index contributed by atoms with van der Waals surface area (Å²) in [6.45, 7) is 6.69. The molecule has 0 bridgehead atoms. The molecule has 1 aliphatic heterocycles. The van der Waals surface area contributed by atoms with Crippen molar-refractivity contribution in [2.45, 2.75) is 38.8 Å². The van der Waals surface area contributed by atoms with Crippen LogP contribution < -0.4 is 5.73 Å². The van der Waals surface area contributed by atoms with E-state index in [-0.39, 0.29) is 6.04 Å². The summed E-state index contributed by atoms with van der Waals surface area (Å²) in [5.41, 5.74) is 7.09. The average Bonchev–Trinajstić information content (AvgIpc) is 2.92. The number of piperazine rings is 1. The molecule has 4 nitrogen and oxygen atoms in total. The van der Waals surface area contributed by atoms with Gasteiger partial charge in [0.1, 0.15) is 0 Å². The summed E-state index contributed by atoms with van der Waals surface area (Å²) in [5, 5.41) is 4.32. The summed E-state index contributed by atoms with van der Waals surface area (Å²) in [7, 11) is 0. The van der Waals surface area contributed by atoms with Gasteiger partial charge in [-0.2, -0.15) is 11.3 Å². The number of nitrogens with zero attached hydrogens (tertiary/aromatic N) is 2. The lowest BCUT2D eigenvalue weighted by atomic mass is 10.1. The maximum atomic E-state index is 12.1. The lowest BCUT2D eigenvalue weighted by Gasteiger charge is -2.34. The zero-order valence-electron chi connectivity index (χ0n) is 12.3. The van der Waals surface area contributed by atoms with Crippen LogP contribution in [0.15, 0.2) is 16.8 Å². The third-order valence-corrected chi connectivity index (χ3v) is 4.49. The quantitative estimate of drug-likeness (QED) is 0.872. The molecule has 2 N–H and O–H groups in total. The molecule has 1 amide bonds. The first-order chi connectivity index (χ1) is 9.65. The number of carbonyl (C=O) groups excluding carboxylic acids is 1. The zero-order chi connectivity index (χ0) is 14.4. The maximum absolute atomic E-state index is 12.1. The van der Waals surface area contributed by atoms with Gasteiger partial charge in [0.25, 0.3) is 0 Å². The number of hydrogen-bond donors (Lipinski definition) is 1. The van der Waals surface area contributed by atoms with Gasteiger partial charge in [-0.15, -0.1) is 0 Å². The third kappa shape index (κ3) is 4.89. The highest BCUT2D eigenvalue weighted by Crippen LogP contribution is 2.12. The van der Waals surface area contributed by atoms with E-state index in [9.17, 15) is 4.79 Å². The van der Waals surface area contributed by atoms with E-state index in [2.05, 4.69) is 21.7 Å². The molecule has 1 fully saturated rings. The Morgan fingerprint density at radius 3 is 2.75 bits per heavy atom. The largest absolute Gasteiger partial charge is 0.340 e. The second-order valence-corrected chi connectivity index (χ2v) is 6.44. The Morgan fingerprint density at radius 2 is 2.15 bits per heavy atom. The number of amides is 1. The molecule has 0 aliphatic carbocycles. The van der Waals surface area contributed by atoms with Gasteiger partial charge in [-0.3, -0.25) is 9.69 Å². The number of carbonyl (C=O) groups is 1. The second kappa shape index (κ2) is 7.76. The van der Waals surface area contributed by atoms with Crippen LogP contribution in [0.3, 0.4) is 0 Å². The van der Waals surface area contributed by atoms with E-state index in [1.165, 1.54) is 5.56 Å². The molecule has 112 valence electrons. The molecule has 2 heterocycles. The fourth-order valence-corrected chi connectivity index (χ4v) is 3.19. The van der Waals surface area contributed by atoms with Gasteiger partial charge in [-0.1, -0.05) is 0 Å². The minimum absolute atomic E-state index is 0.199. The van der Waals surface area contributed by atoms with E-state index < -0.39 is 0 Å². The number of thiophene rings is 1. The molecule has 1 aromatic rings. The summed E-state index contributed by atoms with van der Waals surface area (Å²) in [6, 6.07) is 2.38. The normalized spacial score (nSPS) is 18.2. The minimum Gasteiger partial charge on any atom is -0.340 e. The van der Waals surface area contributed by atoms with Crippen molar-refractivity contribution in [1.29, 1.82) is 0 Å². The van der Waals surface area contributed by atoms with E-state index >= 15 is 0 Å². The second-order valence-electron chi connectivity index (χ2n) is 5.66. The molecular weight excluding hydrogens is 270 g/mol. The van der Waals surface area contributed by atoms with Gasteiger partial charge in [0.2, 0.25) is 5.91 Å². The van der Waals surface area contributed by atoms with Gasteiger partial charge in [0, 0.05) is 45.2 Å². The van der Waals surface area contributed by atoms with Crippen LogP contribution in [0.2, 0.25) is 0 Å². The van der Waals surface area contributed by atoms with Crippen LogP contribution in [-0.4, -0.2) is 47.9 Å². The van der Waals surface area contributed by atoms with Crippen LogP contribution in [0.5, 0.6) is 0 Å². The smallest absolute Gasteiger partial charge is 0.222 e. The Bertz CT molecular complexity index is 397. The Morgan fingerprint density at radius 1 is 1.40 bits per heavy atom. The van der Waals surface area contributed by atoms with Crippen LogP contribution >= 0.6 is 11.3 Å². The first-order valence-electron chi connectivity index (χ1n) is 7.42. The van der Waals surface area contributed by atoms with E-state index in [0.717, 1.165) is 45.6 Å². The Kier molecular flexibility index (Phi) is 6.01. The molecule has 0 radical (unpaired) electrons. The molecule has 1 unspecified atom stereocenters. The summed E-state index contributed by atoms with van der Waals surface area (Å²) in [6.07, 6.45) is 2.49. The van der Waals surface area contributed by atoms with Gasteiger partial charge in [0.15, 0.2) is 0 Å². The predicted molar refractivity (Wildman–Crippen MR) is 83.7 cm³/mol. The highest BCUT2D eigenvalue weighted by Gasteiger charge is 2.20. The Labute approximate surface area is 125 Å². The monoisotopic (exact) mass is 295 g/mol. The fraction of sp³-hybridized carbons (Fsp3) is 0.667. The van der Waals surface area contributed by atoms with Crippen LogP contribution in [0.4, 0.5) is 0 Å². The van der Waals surface area contributed by atoms with Gasteiger partial charge in [-0.05, 0) is 42.2 Å². The zero-order valence-corrected chi connectivity index (χ0v) is 13.1. The van der Waals surface area contributed by atoms with Crippen molar-refractivity contribution >= 4 is 17.2 Å². The van der Waals surface area contributed by atoms with Gasteiger partial charge in [-0.25, -0.2) is 0 Å². The topological polar surface area (TPSA) is 49.6 Å². The van der Waals surface area contributed by atoms with Gasteiger partial charge in [0.05, 0.1) is 0 Å². The number of rotatable bonds is 6. The van der Waals surface area contributed by atoms with E-state index in [4.69, 9.17) is 5.73 Å². The average molecular weight is 295 g/mol. The number of nitrogens with two attached hydrogens (primary N) is 1. The predicted octanol–water partition coefficient (Wildman–Crippen LogP) is 1.91. The van der Waals surface area contributed by atoms with Crippen molar-refractivity contribution in [3.8, 4) is 0 Å². The Hall–Kier alpha value is -0.910. The molecule has 2 rings (SSSR count). The van der Waals surface area contributed by atoms with Crippen molar-refractivity contribution in [3.63, 3.8) is 0 Å². The summed E-state index contributed by atoms with van der Waals surface area (Å²) in [5.74, 6) is 0.292. The molecule has 1 saturated heterocycles. The van der Waals surface area contributed by atoms with Crippen molar-refractivity contribution in [2.75, 3.05) is 26.2 Å².